The summed E-state index contributed by atoms with van der Waals surface area (Å²) in [6.45, 7) is 6.83. The molecule has 0 atom stereocenters. The van der Waals surface area contributed by atoms with Gasteiger partial charge in [-0.2, -0.15) is 0 Å². The van der Waals surface area contributed by atoms with Crippen molar-refractivity contribution in [3.63, 3.8) is 0 Å². The zero-order valence-electron chi connectivity index (χ0n) is 18.9. The van der Waals surface area contributed by atoms with Crippen LogP contribution in [0.25, 0.3) is 11.3 Å². The molecule has 2 aromatic heterocycles. The Morgan fingerprint density at radius 2 is 2.18 bits per heavy atom. The Labute approximate surface area is 212 Å². The fourth-order valence-corrected chi connectivity index (χ4v) is 6.67. The summed E-state index contributed by atoms with van der Waals surface area (Å²) < 4.78 is 2.83. The number of non-ortho nitro benzene ring substituents is 1. The van der Waals surface area contributed by atoms with Crippen LogP contribution < -0.4 is 32.1 Å². The van der Waals surface area contributed by atoms with Gasteiger partial charge in [0.2, 0.25) is 0 Å². The number of thiazole rings is 1. The van der Waals surface area contributed by atoms with Gasteiger partial charge >= 0.3 is 213 Å². The van der Waals surface area contributed by atoms with Gasteiger partial charge < -0.3 is 0 Å². The van der Waals surface area contributed by atoms with E-state index in [1.54, 1.807) is 23.5 Å². The number of nitrogens with zero attached hydrogens (tertiary/aromatic N) is 5. The second-order valence-corrected chi connectivity index (χ2v) is 11.6. The molecule has 1 saturated heterocycles. The van der Waals surface area contributed by atoms with Crippen molar-refractivity contribution in [2.75, 3.05) is 24.2 Å². The van der Waals surface area contributed by atoms with E-state index in [1.807, 2.05) is 46.7 Å². The van der Waals surface area contributed by atoms with E-state index in [0.29, 0.717) is 17.8 Å². The molecule has 10 nitrogen and oxygen atoms in total. The third kappa shape index (κ3) is 6.25. The zero-order valence-corrected chi connectivity index (χ0v) is 21.9. The van der Waals surface area contributed by atoms with E-state index in [-0.39, 0.29) is 11.7 Å². The number of carbonyl (C=O) groups is 1. The number of nitro benzene ring substituents is 1. The number of nitrogens with one attached hydrogen (secondary N) is 1. The van der Waals surface area contributed by atoms with Crippen LogP contribution in [0.3, 0.4) is 0 Å². The molecule has 3 aromatic rings. The van der Waals surface area contributed by atoms with E-state index in [4.69, 9.17) is 4.98 Å². The van der Waals surface area contributed by atoms with Gasteiger partial charge in [0, 0.05) is 0 Å². The van der Waals surface area contributed by atoms with Crippen LogP contribution in [0.1, 0.15) is 17.4 Å². The fraction of sp³-hybridized carbons (Fsp3) is 0.318. The summed E-state index contributed by atoms with van der Waals surface area (Å²) >= 11 is 1.18. The van der Waals surface area contributed by atoms with Gasteiger partial charge in [-0.15, -0.1) is 0 Å². The monoisotopic (exact) mass is 595 g/mol. The van der Waals surface area contributed by atoms with Gasteiger partial charge in [-0.3, -0.25) is 0 Å². The number of amides is 2. The van der Waals surface area contributed by atoms with Gasteiger partial charge in [-0.05, 0) is 0 Å². The van der Waals surface area contributed by atoms with Crippen molar-refractivity contribution < 1.29 is 36.5 Å². The molecule has 0 spiro atoms. The molecule has 0 aliphatic carbocycles. The molecule has 0 unspecified atom stereocenters. The van der Waals surface area contributed by atoms with E-state index in [2.05, 4.69) is 15.2 Å². The first kappa shape index (κ1) is 24.4. The van der Waals surface area contributed by atoms with Crippen molar-refractivity contribution in [1.82, 2.24) is 23.3 Å². The number of carbonyl (C=O) groups excluding carboxylic acids is 1. The van der Waals surface area contributed by atoms with Crippen LogP contribution in [0.15, 0.2) is 42.6 Å². The molecular weight excluding hydrogens is 569 g/mol. The molecule has 1 fully saturated rings. The number of benzene rings is 1. The number of nitro groups is 1. The summed E-state index contributed by atoms with van der Waals surface area (Å²) in [6, 6.07) is 10.6. The molecular formula is C22H26IN7O3S. The zero-order chi connectivity index (χ0) is 24.1. The molecule has 1 aliphatic rings. The van der Waals surface area contributed by atoms with Crippen LogP contribution in [0.2, 0.25) is 0 Å². The number of nitrogens with two attached hydrogens (primary N) is 1. The van der Waals surface area contributed by atoms with Crippen molar-refractivity contribution in [2.45, 2.75) is 20.4 Å². The SMILES string of the molecule is CCNC(=O)N1CCN(Cc2cc([NH2+]c3ncc(C)s3)nc(-c3cccc([N+](=O)[O-])c3)c2)C[I-]1. The standard InChI is InChI=1S/C22H25IN7O3S/c1-3-24-22(31)29-8-7-28(14-23-29)13-16-9-19(17-5-4-6-18(11-17)30(32)33)26-20(10-16)27-21-25-12-15(2)34-21/h4-6,9-12H,3,7-8,13-14H2,1-2H3,(H,24,31)(H,25,26,27)/q-1/p+1. The molecule has 12 heteroatoms. The van der Waals surface area contributed by atoms with Gasteiger partial charge in [-0.25, -0.2) is 0 Å². The summed E-state index contributed by atoms with van der Waals surface area (Å²) in [6.07, 6.45) is 1.83. The van der Waals surface area contributed by atoms with E-state index < -0.39 is 26.4 Å². The number of hydrogen-bond acceptors (Lipinski definition) is 7. The van der Waals surface area contributed by atoms with Gasteiger partial charge in [0.1, 0.15) is 0 Å². The molecule has 180 valence electrons. The fourth-order valence-electron chi connectivity index (χ4n) is 3.53. The van der Waals surface area contributed by atoms with Crippen LogP contribution in [-0.4, -0.2) is 53.1 Å². The van der Waals surface area contributed by atoms with E-state index in [0.717, 1.165) is 45.6 Å². The number of rotatable bonds is 7. The maximum absolute atomic E-state index is 12.1. The Morgan fingerprint density at radius 3 is 2.85 bits per heavy atom. The Hall–Kier alpha value is -2.68. The summed E-state index contributed by atoms with van der Waals surface area (Å²) in [5.41, 5.74) is 2.51. The Kier molecular flexibility index (Phi) is 8.03. The van der Waals surface area contributed by atoms with Crippen LogP contribution in [-0.2, 0) is 6.54 Å². The molecule has 0 bridgehead atoms. The van der Waals surface area contributed by atoms with E-state index >= 15 is 0 Å². The van der Waals surface area contributed by atoms with Crippen LogP contribution >= 0.6 is 11.3 Å². The number of pyridine rings is 1. The molecule has 34 heavy (non-hydrogen) atoms. The van der Waals surface area contributed by atoms with Crippen LogP contribution in [0.5, 0.6) is 0 Å². The Balaban J connectivity index is 1.57. The second kappa shape index (κ2) is 11.2. The summed E-state index contributed by atoms with van der Waals surface area (Å²) in [4.78, 5) is 35.7. The second-order valence-electron chi connectivity index (χ2n) is 7.76. The van der Waals surface area contributed by atoms with Crippen molar-refractivity contribution in [3.05, 3.63) is 63.1 Å². The number of hydrogen-bond donors (Lipinski definition) is 2. The average Bonchev–Trinajstić information content (AvgIpc) is 3.24. The van der Waals surface area contributed by atoms with Gasteiger partial charge in [-0.1, -0.05) is 0 Å². The maximum atomic E-state index is 12.1. The van der Waals surface area contributed by atoms with Gasteiger partial charge in [0.25, 0.3) is 0 Å². The third-order valence-electron chi connectivity index (χ3n) is 5.10. The summed E-state index contributed by atoms with van der Waals surface area (Å²) in [5, 5.41) is 17.0. The van der Waals surface area contributed by atoms with Crippen LogP contribution in [0, 0.1) is 17.0 Å². The Morgan fingerprint density at radius 1 is 1.32 bits per heavy atom. The summed E-state index contributed by atoms with van der Waals surface area (Å²) in [7, 11) is 0. The topological polar surface area (TPSA) is 121 Å². The summed E-state index contributed by atoms with van der Waals surface area (Å²) in [5.74, 6) is 0.768. The van der Waals surface area contributed by atoms with E-state index in [1.165, 1.54) is 6.07 Å². The number of aryl methyl sites for hydroxylation is 1. The van der Waals surface area contributed by atoms with Crippen molar-refractivity contribution in [2.24, 2.45) is 0 Å². The van der Waals surface area contributed by atoms with Crippen molar-refractivity contribution in [1.29, 1.82) is 0 Å². The van der Waals surface area contributed by atoms with E-state index in [9.17, 15) is 14.9 Å². The quantitative estimate of drug-likeness (QED) is 0.0972. The predicted molar refractivity (Wildman–Crippen MR) is 125 cm³/mol. The van der Waals surface area contributed by atoms with Crippen molar-refractivity contribution >= 4 is 34.0 Å². The van der Waals surface area contributed by atoms with Crippen molar-refractivity contribution in [3.8, 4) is 11.3 Å². The number of quaternary nitrogens is 1. The van der Waals surface area contributed by atoms with Crippen LogP contribution in [0.4, 0.5) is 21.4 Å². The molecule has 0 saturated carbocycles. The normalized spacial score (nSPS) is 14.5. The molecule has 1 aliphatic heterocycles. The first-order valence-electron chi connectivity index (χ1n) is 10.8. The molecule has 4 rings (SSSR count). The molecule has 3 N–H and O–H groups in total. The number of alkyl halides is 1. The van der Waals surface area contributed by atoms with Gasteiger partial charge in [0.05, 0.1) is 0 Å². The third-order valence-corrected chi connectivity index (χ3v) is 8.98. The molecule has 1 aromatic carbocycles. The minimum absolute atomic E-state index is 0.0300. The number of aromatic nitrogens is 2. The molecule has 3 heterocycles. The molecule has 2 amide bonds. The Bertz CT molecular complexity index is 1180. The molecule has 0 radical (unpaired) electrons. The number of urea groups is 1. The first-order valence-corrected chi connectivity index (χ1v) is 14.1. The predicted octanol–water partition coefficient (Wildman–Crippen LogP) is -0.243. The number of halogens is 1. The average molecular weight is 595 g/mol. The first-order chi connectivity index (χ1) is 16.4. The minimum atomic E-state index is -0.412. The van der Waals surface area contributed by atoms with Gasteiger partial charge in [0.15, 0.2) is 0 Å².